The van der Waals surface area contributed by atoms with Gasteiger partial charge in [-0.15, -0.1) is 0 Å². The minimum atomic E-state index is -0.606. The van der Waals surface area contributed by atoms with Gasteiger partial charge in [0.2, 0.25) is 0 Å². The van der Waals surface area contributed by atoms with Gasteiger partial charge in [0.05, 0.1) is 0 Å². The van der Waals surface area contributed by atoms with E-state index in [9.17, 15) is 8.78 Å². The van der Waals surface area contributed by atoms with E-state index < -0.39 is 11.6 Å². The van der Waals surface area contributed by atoms with Crippen LogP contribution in [0.5, 0.6) is 0 Å². The molecular formula is C21H15ClF2N2. The molecule has 3 aromatic rings. The smallest absolute Gasteiger partial charge is 0.126 e. The fraction of sp³-hybridized carbons (Fsp3) is 0. The molecule has 0 atom stereocenters. The molecule has 3 rings (SSSR count). The van der Waals surface area contributed by atoms with Crippen LogP contribution in [0.25, 0.3) is 17.2 Å². The number of rotatable bonds is 4. The molecule has 0 heterocycles. The Hall–Kier alpha value is -2.98. The molecule has 2 N–H and O–H groups in total. The van der Waals surface area contributed by atoms with E-state index in [0.717, 1.165) is 22.9 Å². The molecule has 0 aliphatic rings. The van der Waals surface area contributed by atoms with Crippen LogP contribution in [0.2, 0.25) is 5.02 Å². The maximum absolute atomic E-state index is 13.3. The number of benzene rings is 3. The Morgan fingerprint density at radius 3 is 2.08 bits per heavy atom. The third-order valence-electron chi connectivity index (χ3n) is 3.67. The summed E-state index contributed by atoms with van der Waals surface area (Å²) in [5.74, 6) is -0.986. The zero-order valence-electron chi connectivity index (χ0n) is 13.6. The number of hydrogen-bond donors (Lipinski definition) is 2. The van der Waals surface area contributed by atoms with Gasteiger partial charge in [0, 0.05) is 16.8 Å². The topological polar surface area (TPSA) is 35.9 Å². The van der Waals surface area contributed by atoms with Gasteiger partial charge in [-0.3, -0.25) is 5.41 Å². The maximum Gasteiger partial charge on any atom is 0.126 e. The van der Waals surface area contributed by atoms with E-state index in [-0.39, 0.29) is 5.84 Å². The van der Waals surface area contributed by atoms with Crippen molar-refractivity contribution >= 4 is 29.2 Å². The standard InChI is InChI=1S/C21H15ClF2N2/c22-17-6-8-20(9-7-17)26-21(25)10-3-14-1-4-15(5-2-14)16-11-18(23)13-19(24)12-16/h1-13H,(H2,25,26)/b10-3+. The average molecular weight is 369 g/mol. The number of amidine groups is 1. The first kappa shape index (κ1) is 17.8. The van der Waals surface area contributed by atoms with Crippen molar-refractivity contribution in [2.75, 3.05) is 5.32 Å². The van der Waals surface area contributed by atoms with E-state index in [4.69, 9.17) is 17.0 Å². The van der Waals surface area contributed by atoms with Crippen molar-refractivity contribution in [2.24, 2.45) is 0 Å². The Morgan fingerprint density at radius 1 is 0.846 bits per heavy atom. The molecule has 26 heavy (non-hydrogen) atoms. The van der Waals surface area contributed by atoms with Crippen LogP contribution in [0.15, 0.2) is 72.8 Å². The van der Waals surface area contributed by atoms with Gasteiger partial charge in [0.15, 0.2) is 0 Å². The van der Waals surface area contributed by atoms with Crippen molar-refractivity contribution in [2.45, 2.75) is 0 Å². The summed E-state index contributed by atoms with van der Waals surface area (Å²) < 4.78 is 26.6. The third kappa shape index (κ3) is 4.77. The zero-order chi connectivity index (χ0) is 18.5. The molecule has 2 nitrogen and oxygen atoms in total. The Balaban J connectivity index is 1.67. The van der Waals surface area contributed by atoms with E-state index in [1.165, 1.54) is 12.1 Å². The van der Waals surface area contributed by atoms with Crippen molar-refractivity contribution < 1.29 is 8.78 Å². The second-order valence-corrected chi connectivity index (χ2v) is 6.10. The van der Waals surface area contributed by atoms with Crippen molar-refractivity contribution in [3.8, 4) is 11.1 Å². The summed E-state index contributed by atoms with van der Waals surface area (Å²) in [4.78, 5) is 0. The quantitative estimate of drug-likeness (QED) is 0.406. The molecule has 0 saturated heterocycles. The normalized spacial score (nSPS) is 10.9. The number of nitrogens with one attached hydrogen (secondary N) is 2. The lowest BCUT2D eigenvalue weighted by atomic mass is 10.0. The van der Waals surface area contributed by atoms with Gasteiger partial charge < -0.3 is 5.32 Å². The first-order valence-corrected chi connectivity index (χ1v) is 8.23. The molecule has 0 aliphatic heterocycles. The van der Waals surface area contributed by atoms with Crippen LogP contribution in [0.4, 0.5) is 14.5 Å². The molecule has 130 valence electrons. The molecule has 3 aromatic carbocycles. The summed E-state index contributed by atoms with van der Waals surface area (Å²) >= 11 is 5.83. The second-order valence-electron chi connectivity index (χ2n) is 5.66. The highest BCUT2D eigenvalue weighted by Gasteiger charge is 2.03. The zero-order valence-corrected chi connectivity index (χ0v) is 14.4. The first-order chi connectivity index (χ1) is 12.5. The predicted molar refractivity (Wildman–Crippen MR) is 104 cm³/mol. The second kappa shape index (κ2) is 7.93. The third-order valence-corrected chi connectivity index (χ3v) is 3.92. The number of anilines is 1. The highest BCUT2D eigenvalue weighted by molar-refractivity contribution is 6.30. The van der Waals surface area contributed by atoms with Crippen LogP contribution in [0, 0.1) is 17.0 Å². The lowest BCUT2D eigenvalue weighted by molar-refractivity contribution is 0.584. The maximum atomic E-state index is 13.3. The molecule has 0 radical (unpaired) electrons. The van der Waals surface area contributed by atoms with E-state index in [0.29, 0.717) is 10.6 Å². The molecular weight excluding hydrogens is 354 g/mol. The molecule has 0 spiro atoms. The Labute approximate surface area is 155 Å². The molecule has 0 aliphatic carbocycles. The van der Waals surface area contributed by atoms with Crippen molar-refractivity contribution in [3.05, 3.63) is 95.0 Å². The lowest BCUT2D eigenvalue weighted by Gasteiger charge is -2.05. The molecule has 0 bridgehead atoms. The van der Waals surface area contributed by atoms with Crippen LogP contribution in [-0.2, 0) is 0 Å². The van der Waals surface area contributed by atoms with Crippen molar-refractivity contribution in [1.29, 1.82) is 5.41 Å². The summed E-state index contributed by atoms with van der Waals surface area (Å²) in [5, 5.41) is 11.5. The molecule has 0 fully saturated rings. The Bertz CT molecular complexity index is 929. The minimum Gasteiger partial charge on any atom is -0.341 e. The van der Waals surface area contributed by atoms with Crippen molar-refractivity contribution in [1.82, 2.24) is 0 Å². The van der Waals surface area contributed by atoms with Gasteiger partial charge in [-0.05, 0) is 59.2 Å². The summed E-state index contributed by atoms with van der Waals surface area (Å²) in [6, 6.07) is 17.7. The van der Waals surface area contributed by atoms with Gasteiger partial charge in [0.1, 0.15) is 17.5 Å². The summed E-state index contributed by atoms with van der Waals surface area (Å²) in [5.41, 5.74) is 2.84. The average Bonchev–Trinajstić information content (AvgIpc) is 2.61. The van der Waals surface area contributed by atoms with Gasteiger partial charge in [-0.2, -0.15) is 0 Å². The van der Waals surface area contributed by atoms with Crippen LogP contribution in [0.1, 0.15) is 5.56 Å². The largest absolute Gasteiger partial charge is 0.341 e. The van der Waals surface area contributed by atoms with Gasteiger partial charge >= 0.3 is 0 Å². The molecule has 0 saturated carbocycles. The summed E-state index contributed by atoms with van der Waals surface area (Å²) in [6.45, 7) is 0. The van der Waals surface area contributed by atoms with Gasteiger partial charge in [-0.25, -0.2) is 8.78 Å². The van der Waals surface area contributed by atoms with E-state index in [1.54, 1.807) is 48.6 Å². The number of halogens is 3. The Morgan fingerprint density at radius 2 is 1.46 bits per heavy atom. The molecule has 0 amide bonds. The van der Waals surface area contributed by atoms with E-state index in [1.807, 2.05) is 12.1 Å². The lowest BCUT2D eigenvalue weighted by Crippen LogP contribution is -2.06. The summed E-state index contributed by atoms with van der Waals surface area (Å²) in [6.07, 6.45) is 3.41. The molecule has 0 aromatic heterocycles. The van der Waals surface area contributed by atoms with Gasteiger partial charge in [0.25, 0.3) is 0 Å². The van der Waals surface area contributed by atoms with Crippen molar-refractivity contribution in [3.63, 3.8) is 0 Å². The highest BCUT2D eigenvalue weighted by Crippen LogP contribution is 2.22. The SMILES string of the molecule is N=C(/C=C/c1ccc(-c2cc(F)cc(F)c2)cc1)Nc1ccc(Cl)cc1. The van der Waals surface area contributed by atoms with E-state index in [2.05, 4.69) is 5.32 Å². The van der Waals surface area contributed by atoms with Crippen LogP contribution < -0.4 is 5.32 Å². The first-order valence-electron chi connectivity index (χ1n) is 7.85. The fourth-order valence-corrected chi connectivity index (χ4v) is 2.54. The fourth-order valence-electron chi connectivity index (χ4n) is 2.42. The summed E-state index contributed by atoms with van der Waals surface area (Å²) in [7, 11) is 0. The molecule has 5 heteroatoms. The monoisotopic (exact) mass is 368 g/mol. The van der Waals surface area contributed by atoms with E-state index >= 15 is 0 Å². The van der Waals surface area contributed by atoms with Crippen LogP contribution in [0.3, 0.4) is 0 Å². The Kier molecular flexibility index (Phi) is 5.44. The predicted octanol–water partition coefficient (Wildman–Crippen LogP) is 6.39. The van der Waals surface area contributed by atoms with Gasteiger partial charge in [-0.1, -0.05) is 41.9 Å². The highest BCUT2D eigenvalue weighted by atomic mass is 35.5. The minimum absolute atomic E-state index is 0.226. The molecule has 0 unspecified atom stereocenters. The van der Waals surface area contributed by atoms with Crippen LogP contribution in [-0.4, -0.2) is 5.84 Å². The van der Waals surface area contributed by atoms with Crippen LogP contribution >= 0.6 is 11.6 Å². The number of hydrogen-bond acceptors (Lipinski definition) is 1.